The number of carbonyl (C=O) groups excluding carboxylic acids is 1. The monoisotopic (exact) mass is 445 g/mol. The number of carbonyl (C=O) groups is 1. The van der Waals surface area contributed by atoms with Crippen LogP contribution in [0.1, 0.15) is 32.4 Å². The van der Waals surface area contributed by atoms with Gasteiger partial charge in [-0.2, -0.15) is 0 Å². The molecule has 0 bridgehead atoms. The molecule has 0 saturated carbocycles. The second-order valence-electron chi connectivity index (χ2n) is 8.30. The predicted octanol–water partition coefficient (Wildman–Crippen LogP) is 4.93. The molecule has 0 aliphatic heterocycles. The summed E-state index contributed by atoms with van der Waals surface area (Å²) in [6, 6.07) is 10.2. The van der Waals surface area contributed by atoms with Crippen LogP contribution in [-0.2, 0) is 0 Å². The largest absolute Gasteiger partial charge is 0.396 e. The van der Waals surface area contributed by atoms with Gasteiger partial charge in [0.15, 0.2) is 0 Å². The van der Waals surface area contributed by atoms with Crippen molar-refractivity contribution in [2.24, 2.45) is 5.41 Å². The molecular formula is C23H25ClFN3O3. The SMILES string of the molecule is C[C@@H](c1c[nH]c(=O)c2ccccc12)N(CC(C)(C)CO)C(=O)Nc1ccc(F)c(Cl)c1. The van der Waals surface area contributed by atoms with Gasteiger partial charge in [-0.25, -0.2) is 9.18 Å². The number of rotatable bonds is 6. The number of amides is 2. The summed E-state index contributed by atoms with van der Waals surface area (Å²) >= 11 is 5.84. The molecule has 0 radical (unpaired) electrons. The molecular weight excluding hydrogens is 421 g/mol. The molecule has 31 heavy (non-hydrogen) atoms. The van der Waals surface area contributed by atoms with E-state index in [9.17, 15) is 19.1 Å². The number of nitrogens with one attached hydrogen (secondary N) is 2. The summed E-state index contributed by atoms with van der Waals surface area (Å²) in [4.78, 5) is 29.8. The van der Waals surface area contributed by atoms with Crippen LogP contribution in [-0.4, -0.2) is 34.2 Å². The lowest BCUT2D eigenvalue weighted by molar-refractivity contribution is 0.102. The van der Waals surface area contributed by atoms with E-state index in [0.29, 0.717) is 11.1 Å². The summed E-state index contributed by atoms with van der Waals surface area (Å²) in [5.74, 6) is -0.578. The molecule has 0 unspecified atom stereocenters. The zero-order valence-corrected chi connectivity index (χ0v) is 18.3. The number of aromatic nitrogens is 1. The van der Waals surface area contributed by atoms with Gasteiger partial charge in [-0.3, -0.25) is 4.79 Å². The van der Waals surface area contributed by atoms with Crippen molar-refractivity contribution in [2.45, 2.75) is 26.8 Å². The zero-order valence-electron chi connectivity index (χ0n) is 17.6. The van der Waals surface area contributed by atoms with E-state index < -0.39 is 23.3 Å². The van der Waals surface area contributed by atoms with Crippen molar-refractivity contribution in [3.8, 4) is 0 Å². The standard InChI is InChI=1S/C23H25ClFN3O3/c1-14(18-11-26-21(30)17-7-5-4-6-16(17)18)28(12-23(2,3)13-29)22(31)27-15-8-9-20(25)19(24)10-15/h4-11,14,29H,12-13H2,1-3H3,(H,26,30)(H,27,31)/t14-/m0/s1. The van der Waals surface area contributed by atoms with Crippen LogP contribution in [0.4, 0.5) is 14.9 Å². The molecule has 0 saturated heterocycles. The fraction of sp³-hybridized carbons (Fsp3) is 0.304. The highest BCUT2D eigenvalue weighted by Gasteiger charge is 2.30. The molecule has 0 aliphatic carbocycles. The molecule has 0 spiro atoms. The minimum Gasteiger partial charge on any atom is -0.396 e. The number of aliphatic hydroxyl groups excluding tert-OH is 1. The Bertz CT molecular complexity index is 1160. The van der Waals surface area contributed by atoms with Gasteiger partial charge in [-0.05, 0) is 42.1 Å². The number of aromatic amines is 1. The Morgan fingerprint density at radius 1 is 1.26 bits per heavy atom. The summed E-state index contributed by atoms with van der Waals surface area (Å²) in [7, 11) is 0. The van der Waals surface area contributed by atoms with E-state index in [1.165, 1.54) is 18.2 Å². The molecule has 8 heteroatoms. The van der Waals surface area contributed by atoms with Crippen LogP contribution in [0.3, 0.4) is 0 Å². The number of hydrogen-bond donors (Lipinski definition) is 3. The van der Waals surface area contributed by atoms with Crippen LogP contribution in [0.5, 0.6) is 0 Å². The highest BCUT2D eigenvalue weighted by atomic mass is 35.5. The normalized spacial score (nSPS) is 12.6. The van der Waals surface area contributed by atoms with Gasteiger partial charge in [-0.1, -0.05) is 43.6 Å². The molecule has 1 aromatic heterocycles. The second kappa shape index (κ2) is 9.08. The number of urea groups is 1. The first-order chi connectivity index (χ1) is 14.6. The third kappa shape index (κ3) is 5.06. The Kier molecular flexibility index (Phi) is 6.67. The molecule has 3 N–H and O–H groups in total. The number of hydrogen-bond acceptors (Lipinski definition) is 3. The van der Waals surface area contributed by atoms with Gasteiger partial charge in [0.2, 0.25) is 0 Å². The van der Waals surface area contributed by atoms with E-state index in [-0.39, 0.29) is 23.7 Å². The summed E-state index contributed by atoms with van der Waals surface area (Å²) in [5.41, 5.74) is 0.321. The van der Waals surface area contributed by atoms with Crippen LogP contribution >= 0.6 is 11.6 Å². The Morgan fingerprint density at radius 2 is 1.94 bits per heavy atom. The number of halogens is 2. The highest BCUT2D eigenvalue weighted by molar-refractivity contribution is 6.31. The minimum absolute atomic E-state index is 0.0975. The van der Waals surface area contributed by atoms with Crippen molar-refractivity contribution in [1.29, 1.82) is 0 Å². The van der Waals surface area contributed by atoms with Crippen molar-refractivity contribution in [3.63, 3.8) is 0 Å². The van der Waals surface area contributed by atoms with E-state index in [0.717, 1.165) is 10.9 Å². The number of fused-ring (bicyclic) bond motifs is 1. The lowest BCUT2D eigenvalue weighted by Gasteiger charge is -2.36. The number of benzene rings is 2. The Hall–Kier alpha value is -2.90. The first kappa shape index (κ1) is 22.8. The molecule has 1 atom stereocenters. The van der Waals surface area contributed by atoms with Crippen LogP contribution in [0.25, 0.3) is 10.8 Å². The van der Waals surface area contributed by atoms with Crippen LogP contribution in [0.15, 0.2) is 53.5 Å². The number of anilines is 1. The third-order valence-corrected chi connectivity index (χ3v) is 5.51. The highest BCUT2D eigenvalue weighted by Crippen LogP contribution is 2.30. The molecule has 3 rings (SSSR count). The fourth-order valence-corrected chi connectivity index (χ4v) is 3.59. The molecule has 0 aliphatic rings. The molecule has 6 nitrogen and oxygen atoms in total. The summed E-state index contributed by atoms with van der Waals surface area (Å²) in [5, 5.41) is 13.7. The second-order valence-corrected chi connectivity index (χ2v) is 8.71. The van der Waals surface area contributed by atoms with Crippen LogP contribution in [0.2, 0.25) is 5.02 Å². The van der Waals surface area contributed by atoms with Crippen molar-refractivity contribution in [2.75, 3.05) is 18.5 Å². The summed E-state index contributed by atoms with van der Waals surface area (Å²) in [6.07, 6.45) is 1.61. The van der Waals surface area contributed by atoms with Gasteiger partial charge in [-0.15, -0.1) is 0 Å². The van der Waals surface area contributed by atoms with E-state index in [2.05, 4.69) is 10.3 Å². The third-order valence-electron chi connectivity index (χ3n) is 5.22. The number of H-pyrrole nitrogens is 1. The van der Waals surface area contributed by atoms with Crippen molar-refractivity contribution in [1.82, 2.24) is 9.88 Å². The van der Waals surface area contributed by atoms with Gasteiger partial charge in [0.05, 0.1) is 11.1 Å². The Balaban J connectivity index is 2.00. The number of nitrogens with zero attached hydrogens (tertiary/aromatic N) is 1. The maximum atomic E-state index is 13.5. The van der Waals surface area contributed by atoms with E-state index >= 15 is 0 Å². The smallest absolute Gasteiger partial charge is 0.322 e. The first-order valence-electron chi connectivity index (χ1n) is 9.87. The van der Waals surface area contributed by atoms with Crippen molar-refractivity contribution in [3.05, 3.63) is 75.4 Å². The van der Waals surface area contributed by atoms with E-state index in [1.54, 1.807) is 23.2 Å². The van der Waals surface area contributed by atoms with Crippen LogP contribution in [0, 0.1) is 11.2 Å². The van der Waals surface area contributed by atoms with E-state index in [4.69, 9.17) is 11.6 Å². The van der Waals surface area contributed by atoms with Crippen LogP contribution < -0.4 is 10.9 Å². The zero-order chi connectivity index (χ0) is 22.8. The van der Waals surface area contributed by atoms with Crippen molar-refractivity contribution >= 4 is 34.1 Å². The van der Waals surface area contributed by atoms with E-state index in [1.807, 2.05) is 32.9 Å². The summed E-state index contributed by atoms with van der Waals surface area (Å²) < 4.78 is 13.5. The lowest BCUT2D eigenvalue weighted by Crippen LogP contribution is -2.44. The van der Waals surface area contributed by atoms with Gasteiger partial charge in [0.25, 0.3) is 5.56 Å². The average molecular weight is 446 g/mol. The Labute approximate surface area is 184 Å². The molecule has 0 fully saturated rings. The average Bonchev–Trinajstić information content (AvgIpc) is 2.74. The van der Waals surface area contributed by atoms with Gasteiger partial charge in [0.1, 0.15) is 5.82 Å². The quantitative estimate of drug-likeness (QED) is 0.502. The fourth-order valence-electron chi connectivity index (χ4n) is 3.41. The first-order valence-corrected chi connectivity index (χ1v) is 10.2. The van der Waals surface area contributed by atoms with Gasteiger partial charge >= 0.3 is 6.03 Å². The Morgan fingerprint density at radius 3 is 2.58 bits per heavy atom. The minimum atomic E-state index is -0.579. The van der Waals surface area contributed by atoms with Gasteiger partial charge in [0, 0.05) is 35.8 Å². The van der Waals surface area contributed by atoms with Gasteiger partial charge < -0.3 is 20.3 Å². The molecule has 3 aromatic rings. The predicted molar refractivity (Wildman–Crippen MR) is 121 cm³/mol. The molecule has 2 aromatic carbocycles. The number of aliphatic hydroxyl groups is 1. The topological polar surface area (TPSA) is 85.4 Å². The maximum absolute atomic E-state index is 13.5. The number of pyridine rings is 1. The molecule has 164 valence electrons. The molecule has 2 amide bonds. The van der Waals surface area contributed by atoms with Crippen molar-refractivity contribution < 1.29 is 14.3 Å². The summed E-state index contributed by atoms with van der Waals surface area (Å²) in [6.45, 7) is 5.65. The lowest BCUT2D eigenvalue weighted by atomic mass is 9.92. The maximum Gasteiger partial charge on any atom is 0.322 e. The molecule has 1 heterocycles.